The predicted molar refractivity (Wildman–Crippen MR) is 94.1 cm³/mol. The zero-order valence-electron chi connectivity index (χ0n) is 13.5. The van der Waals surface area contributed by atoms with E-state index in [2.05, 4.69) is 54.0 Å². The van der Waals surface area contributed by atoms with Crippen molar-refractivity contribution in [2.24, 2.45) is 0 Å². The Bertz CT molecular complexity index is 860. The van der Waals surface area contributed by atoms with Crippen LogP contribution < -0.4 is 0 Å². The Labute approximate surface area is 136 Å². The van der Waals surface area contributed by atoms with Gasteiger partial charge in [0, 0.05) is 41.0 Å². The number of ketones is 1. The first kappa shape index (κ1) is 14.3. The summed E-state index contributed by atoms with van der Waals surface area (Å²) in [6.45, 7) is 3.06. The maximum atomic E-state index is 12.6. The predicted octanol–water partition coefficient (Wildman–Crippen LogP) is 5.16. The van der Waals surface area contributed by atoms with Crippen LogP contribution in [0.1, 0.15) is 53.7 Å². The molecule has 3 aromatic rings. The highest BCUT2D eigenvalue weighted by atomic mass is 16.1. The summed E-state index contributed by atoms with van der Waals surface area (Å²) in [6, 6.07) is 18.9. The zero-order chi connectivity index (χ0) is 15.8. The quantitative estimate of drug-likeness (QED) is 0.655. The normalized spacial score (nSPS) is 17.4. The summed E-state index contributed by atoms with van der Waals surface area (Å²) in [7, 11) is 0. The SMILES string of the molecule is CCC1CCC(=O)c2c1n(Cc1ccccc1)c1ccccc21. The summed E-state index contributed by atoms with van der Waals surface area (Å²) in [5.41, 5.74) is 4.71. The van der Waals surface area contributed by atoms with Gasteiger partial charge in [0.1, 0.15) is 0 Å². The topological polar surface area (TPSA) is 22.0 Å². The largest absolute Gasteiger partial charge is 0.339 e. The molecule has 0 fully saturated rings. The fraction of sp³-hybridized carbons (Fsp3) is 0.286. The molecular formula is C21H21NO. The molecule has 2 aromatic carbocycles. The van der Waals surface area contributed by atoms with Gasteiger partial charge in [-0.05, 0) is 24.5 Å². The fourth-order valence-electron chi connectivity index (χ4n) is 3.94. The minimum atomic E-state index is 0.313. The van der Waals surface area contributed by atoms with Gasteiger partial charge < -0.3 is 4.57 Å². The van der Waals surface area contributed by atoms with Gasteiger partial charge in [-0.15, -0.1) is 0 Å². The van der Waals surface area contributed by atoms with E-state index in [4.69, 9.17) is 0 Å². The van der Waals surface area contributed by atoms with Crippen molar-refractivity contribution in [1.29, 1.82) is 0 Å². The summed E-state index contributed by atoms with van der Waals surface area (Å²) in [5.74, 6) is 0.798. The third kappa shape index (κ3) is 2.29. The lowest BCUT2D eigenvalue weighted by atomic mass is 9.84. The van der Waals surface area contributed by atoms with Gasteiger partial charge in [-0.1, -0.05) is 55.5 Å². The lowest BCUT2D eigenvalue weighted by Crippen LogP contribution is -2.18. The number of carbonyl (C=O) groups excluding carboxylic acids is 1. The summed E-state index contributed by atoms with van der Waals surface area (Å²) >= 11 is 0. The van der Waals surface area contributed by atoms with Crippen LogP contribution in [-0.2, 0) is 6.54 Å². The van der Waals surface area contributed by atoms with Gasteiger partial charge in [0.05, 0.1) is 0 Å². The van der Waals surface area contributed by atoms with E-state index in [0.717, 1.165) is 30.3 Å². The number of Topliss-reactive ketones (excluding diaryl/α,β-unsaturated/α-hetero) is 1. The minimum Gasteiger partial charge on any atom is -0.339 e. The highest BCUT2D eigenvalue weighted by Gasteiger charge is 2.31. The number of fused-ring (bicyclic) bond motifs is 3. The Hall–Kier alpha value is -2.35. The molecule has 1 unspecified atom stereocenters. The second-order valence-corrected chi connectivity index (χ2v) is 6.42. The monoisotopic (exact) mass is 303 g/mol. The second-order valence-electron chi connectivity index (χ2n) is 6.42. The van der Waals surface area contributed by atoms with Gasteiger partial charge in [-0.2, -0.15) is 0 Å². The molecule has 1 aliphatic rings. The summed E-state index contributed by atoms with van der Waals surface area (Å²) in [6.07, 6.45) is 2.75. The van der Waals surface area contributed by atoms with Crippen LogP contribution in [0.25, 0.3) is 10.9 Å². The van der Waals surface area contributed by atoms with E-state index in [1.807, 2.05) is 12.1 Å². The molecule has 2 heteroatoms. The smallest absolute Gasteiger partial charge is 0.165 e. The maximum absolute atomic E-state index is 12.6. The lowest BCUT2D eigenvalue weighted by Gasteiger charge is -2.24. The van der Waals surface area contributed by atoms with E-state index in [1.54, 1.807) is 0 Å². The first-order valence-corrected chi connectivity index (χ1v) is 8.47. The van der Waals surface area contributed by atoms with Crippen molar-refractivity contribution < 1.29 is 4.79 Å². The molecule has 1 aromatic heterocycles. The molecule has 0 aliphatic heterocycles. The molecule has 2 nitrogen and oxygen atoms in total. The van der Waals surface area contributed by atoms with Crippen LogP contribution in [0.2, 0.25) is 0 Å². The van der Waals surface area contributed by atoms with Crippen LogP contribution in [0.3, 0.4) is 0 Å². The highest BCUT2D eigenvalue weighted by molar-refractivity contribution is 6.10. The molecule has 0 radical (unpaired) electrons. The van der Waals surface area contributed by atoms with Crippen molar-refractivity contribution in [2.45, 2.75) is 38.6 Å². The number of para-hydroxylation sites is 1. The van der Waals surface area contributed by atoms with Crippen LogP contribution in [0.4, 0.5) is 0 Å². The molecular weight excluding hydrogens is 282 g/mol. The third-order valence-electron chi connectivity index (χ3n) is 5.07. The molecule has 1 aliphatic carbocycles. The lowest BCUT2D eigenvalue weighted by molar-refractivity contribution is 0.0967. The van der Waals surface area contributed by atoms with Crippen LogP contribution in [0.5, 0.6) is 0 Å². The van der Waals surface area contributed by atoms with E-state index >= 15 is 0 Å². The van der Waals surface area contributed by atoms with Gasteiger partial charge in [0.2, 0.25) is 0 Å². The molecule has 0 bridgehead atoms. The second kappa shape index (κ2) is 5.69. The van der Waals surface area contributed by atoms with E-state index < -0.39 is 0 Å². The number of nitrogens with zero attached hydrogens (tertiary/aromatic N) is 1. The van der Waals surface area contributed by atoms with Crippen molar-refractivity contribution in [3.05, 3.63) is 71.4 Å². The summed E-state index contributed by atoms with van der Waals surface area (Å²) in [4.78, 5) is 12.6. The summed E-state index contributed by atoms with van der Waals surface area (Å²) in [5, 5.41) is 1.13. The molecule has 0 N–H and O–H groups in total. The third-order valence-corrected chi connectivity index (χ3v) is 5.07. The molecule has 1 atom stereocenters. The number of benzene rings is 2. The highest BCUT2D eigenvalue weighted by Crippen LogP contribution is 2.40. The molecule has 116 valence electrons. The van der Waals surface area contributed by atoms with Crippen LogP contribution in [0, 0.1) is 0 Å². The molecule has 0 saturated carbocycles. The molecule has 1 heterocycles. The van der Waals surface area contributed by atoms with Crippen LogP contribution in [-0.4, -0.2) is 10.4 Å². The van der Waals surface area contributed by atoms with Crippen molar-refractivity contribution >= 4 is 16.7 Å². The van der Waals surface area contributed by atoms with Crippen molar-refractivity contribution in [3.8, 4) is 0 Å². The Morgan fingerprint density at radius 1 is 1.04 bits per heavy atom. The minimum absolute atomic E-state index is 0.313. The molecule has 0 saturated heterocycles. The van der Waals surface area contributed by atoms with E-state index in [0.29, 0.717) is 18.1 Å². The molecule has 0 amide bonds. The van der Waals surface area contributed by atoms with Gasteiger partial charge in [0.15, 0.2) is 5.78 Å². The number of hydrogen-bond donors (Lipinski definition) is 0. The molecule has 4 rings (SSSR count). The number of rotatable bonds is 3. The Morgan fingerprint density at radius 2 is 1.78 bits per heavy atom. The Balaban J connectivity index is 1.97. The standard InChI is InChI=1S/C21H21NO/c1-2-16-12-13-19(23)20-17-10-6-7-11-18(17)22(21(16)20)14-15-8-4-3-5-9-15/h3-11,16H,2,12-14H2,1H3. The van der Waals surface area contributed by atoms with Crippen molar-refractivity contribution in [1.82, 2.24) is 4.57 Å². The molecule has 23 heavy (non-hydrogen) atoms. The van der Waals surface area contributed by atoms with E-state index in [-0.39, 0.29) is 0 Å². The van der Waals surface area contributed by atoms with Gasteiger partial charge >= 0.3 is 0 Å². The van der Waals surface area contributed by atoms with E-state index in [1.165, 1.54) is 16.8 Å². The Kier molecular flexibility index (Phi) is 3.53. The van der Waals surface area contributed by atoms with E-state index in [9.17, 15) is 4.79 Å². The summed E-state index contributed by atoms with van der Waals surface area (Å²) < 4.78 is 2.38. The van der Waals surface area contributed by atoms with Crippen LogP contribution >= 0.6 is 0 Å². The average Bonchev–Trinajstić information content (AvgIpc) is 2.92. The molecule has 0 spiro atoms. The first-order valence-electron chi connectivity index (χ1n) is 8.47. The van der Waals surface area contributed by atoms with Crippen molar-refractivity contribution in [3.63, 3.8) is 0 Å². The van der Waals surface area contributed by atoms with Crippen molar-refractivity contribution in [2.75, 3.05) is 0 Å². The number of aromatic nitrogens is 1. The fourth-order valence-corrected chi connectivity index (χ4v) is 3.94. The van der Waals surface area contributed by atoms with Gasteiger partial charge in [0.25, 0.3) is 0 Å². The number of carbonyl (C=O) groups is 1. The van der Waals surface area contributed by atoms with Gasteiger partial charge in [-0.3, -0.25) is 4.79 Å². The van der Waals surface area contributed by atoms with Crippen LogP contribution in [0.15, 0.2) is 54.6 Å². The van der Waals surface area contributed by atoms with Gasteiger partial charge in [-0.25, -0.2) is 0 Å². The maximum Gasteiger partial charge on any atom is 0.165 e. The number of hydrogen-bond acceptors (Lipinski definition) is 1. The zero-order valence-corrected chi connectivity index (χ0v) is 13.5. The first-order chi connectivity index (χ1) is 11.3. The Morgan fingerprint density at radius 3 is 2.57 bits per heavy atom. The average molecular weight is 303 g/mol.